The zero-order valence-corrected chi connectivity index (χ0v) is 19.4. The summed E-state index contributed by atoms with van der Waals surface area (Å²) < 4.78 is 0. The highest BCUT2D eigenvalue weighted by Gasteiger charge is 2.59. The van der Waals surface area contributed by atoms with Gasteiger partial charge in [-0.1, -0.05) is 51.5 Å². The number of aliphatic hydroxyl groups excluding tert-OH is 1. The molecule has 4 aliphatic carbocycles. The standard InChI is InChI=1S/C27H42O3/c1-17(2)6-5-7-20(25(29)30)18-12-14-26(3)19(16-18)8-9-21-22-10-11-24(28)27(22,4)15-13-23(21)26/h5,7,12,17,19-24,28H,6,8-11,13-16H2,1-4H3,(H,29,30)/t19-,20+,21+,22+,23-,24-,26-,27-/m0/s1. The zero-order chi connectivity index (χ0) is 21.7. The van der Waals surface area contributed by atoms with Crippen molar-refractivity contribution in [2.45, 2.75) is 91.6 Å². The Kier molecular flexibility index (Phi) is 5.98. The fourth-order valence-corrected chi connectivity index (χ4v) is 7.98. The molecule has 0 aromatic heterocycles. The highest BCUT2D eigenvalue weighted by molar-refractivity contribution is 5.76. The van der Waals surface area contributed by atoms with Crippen LogP contribution in [0.3, 0.4) is 0 Å². The van der Waals surface area contributed by atoms with Crippen LogP contribution in [0.15, 0.2) is 23.8 Å². The molecule has 3 heteroatoms. The van der Waals surface area contributed by atoms with Crippen LogP contribution in [0.4, 0.5) is 0 Å². The van der Waals surface area contributed by atoms with E-state index in [1.807, 2.05) is 6.08 Å². The van der Waals surface area contributed by atoms with Gasteiger partial charge in [-0.2, -0.15) is 0 Å². The Balaban J connectivity index is 1.54. The Bertz CT molecular complexity index is 722. The lowest BCUT2D eigenvalue weighted by Gasteiger charge is -2.60. The summed E-state index contributed by atoms with van der Waals surface area (Å²) in [5.41, 5.74) is 1.57. The molecule has 30 heavy (non-hydrogen) atoms. The average Bonchev–Trinajstić information content (AvgIpc) is 2.99. The summed E-state index contributed by atoms with van der Waals surface area (Å²) in [7, 11) is 0. The molecule has 3 fully saturated rings. The van der Waals surface area contributed by atoms with Gasteiger partial charge in [0.15, 0.2) is 0 Å². The second-order valence-electron chi connectivity index (χ2n) is 11.9. The van der Waals surface area contributed by atoms with Crippen LogP contribution in [0.5, 0.6) is 0 Å². The molecule has 0 unspecified atom stereocenters. The van der Waals surface area contributed by atoms with Crippen LogP contribution in [0.25, 0.3) is 0 Å². The molecule has 0 amide bonds. The van der Waals surface area contributed by atoms with Crippen molar-refractivity contribution in [3.63, 3.8) is 0 Å². The van der Waals surface area contributed by atoms with Crippen molar-refractivity contribution >= 4 is 5.97 Å². The predicted octanol–water partition coefficient (Wildman–Crippen LogP) is 6.23. The second-order valence-corrected chi connectivity index (χ2v) is 11.9. The average molecular weight is 415 g/mol. The van der Waals surface area contributed by atoms with Crippen molar-refractivity contribution in [3.05, 3.63) is 23.8 Å². The normalized spacial score (nSPS) is 44.3. The number of fused-ring (bicyclic) bond motifs is 5. The summed E-state index contributed by atoms with van der Waals surface area (Å²) in [6.07, 6.45) is 16.2. The molecule has 168 valence electrons. The molecule has 0 radical (unpaired) electrons. The third kappa shape index (κ3) is 3.59. The fraction of sp³-hybridized carbons (Fsp3) is 0.815. The highest BCUT2D eigenvalue weighted by atomic mass is 16.4. The summed E-state index contributed by atoms with van der Waals surface area (Å²) >= 11 is 0. The summed E-state index contributed by atoms with van der Waals surface area (Å²) in [6.45, 7) is 9.19. The quantitative estimate of drug-likeness (QED) is 0.524. The number of aliphatic hydroxyl groups is 1. The molecule has 0 aromatic carbocycles. The molecule has 8 atom stereocenters. The van der Waals surface area contributed by atoms with Gasteiger partial charge in [-0.25, -0.2) is 0 Å². The molecule has 0 saturated heterocycles. The Morgan fingerprint density at radius 2 is 1.87 bits per heavy atom. The van der Waals surface area contributed by atoms with Gasteiger partial charge in [0.05, 0.1) is 12.0 Å². The van der Waals surface area contributed by atoms with Crippen LogP contribution in [-0.2, 0) is 4.79 Å². The largest absolute Gasteiger partial charge is 0.481 e. The molecule has 2 N–H and O–H groups in total. The summed E-state index contributed by atoms with van der Waals surface area (Å²) in [5, 5.41) is 20.5. The Hall–Kier alpha value is -1.09. The summed E-state index contributed by atoms with van der Waals surface area (Å²) in [4.78, 5) is 12.0. The minimum atomic E-state index is -0.702. The van der Waals surface area contributed by atoms with E-state index in [9.17, 15) is 15.0 Å². The molecule has 0 spiro atoms. The molecule has 3 nitrogen and oxygen atoms in total. The third-order valence-electron chi connectivity index (χ3n) is 9.90. The Labute approximate surface area is 183 Å². The molecular weight excluding hydrogens is 372 g/mol. The highest BCUT2D eigenvalue weighted by Crippen LogP contribution is 2.66. The first-order chi connectivity index (χ1) is 14.2. The maximum atomic E-state index is 12.0. The van der Waals surface area contributed by atoms with Crippen molar-refractivity contribution in [1.82, 2.24) is 0 Å². The smallest absolute Gasteiger partial charge is 0.314 e. The second kappa shape index (κ2) is 8.11. The maximum absolute atomic E-state index is 12.0. The number of rotatable bonds is 5. The van der Waals surface area contributed by atoms with Crippen molar-refractivity contribution in [2.75, 3.05) is 0 Å². The number of carboxylic acid groups (broad SMARTS) is 1. The molecule has 0 bridgehead atoms. The van der Waals surface area contributed by atoms with E-state index in [-0.39, 0.29) is 11.5 Å². The minimum Gasteiger partial charge on any atom is -0.481 e. The zero-order valence-electron chi connectivity index (χ0n) is 19.4. The van der Waals surface area contributed by atoms with E-state index in [1.165, 1.54) is 25.7 Å². The molecule has 0 heterocycles. The molecule has 3 saturated carbocycles. The Morgan fingerprint density at radius 1 is 1.13 bits per heavy atom. The molecular formula is C27H42O3. The molecule has 4 rings (SSSR count). The number of carbonyl (C=O) groups is 1. The van der Waals surface area contributed by atoms with Gasteiger partial charge in [-0.15, -0.1) is 0 Å². The van der Waals surface area contributed by atoms with E-state index in [2.05, 4.69) is 39.8 Å². The van der Waals surface area contributed by atoms with Crippen molar-refractivity contribution < 1.29 is 15.0 Å². The van der Waals surface area contributed by atoms with Gasteiger partial charge in [-0.3, -0.25) is 4.79 Å². The van der Waals surface area contributed by atoms with Crippen LogP contribution in [-0.4, -0.2) is 22.3 Å². The topological polar surface area (TPSA) is 57.5 Å². The van der Waals surface area contributed by atoms with Crippen LogP contribution in [0, 0.1) is 46.3 Å². The van der Waals surface area contributed by atoms with E-state index >= 15 is 0 Å². The van der Waals surface area contributed by atoms with E-state index in [0.29, 0.717) is 23.2 Å². The van der Waals surface area contributed by atoms with Crippen LogP contribution in [0.1, 0.15) is 85.5 Å². The van der Waals surface area contributed by atoms with Gasteiger partial charge >= 0.3 is 5.97 Å². The third-order valence-corrected chi connectivity index (χ3v) is 9.90. The summed E-state index contributed by atoms with van der Waals surface area (Å²) in [5.74, 6) is 2.17. The SMILES string of the molecule is CC(C)CC=C[C@@H](C(=O)O)C1=CC[C@@]2(C)[C@@H](CC[C@@H]3[C@H]4CC[C@H](O)[C@@]4(C)CC[C@@H]32)C1. The molecule has 0 aliphatic heterocycles. The van der Waals surface area contributed by atoms with E-state index in [4.69, 9.17) is 0 Å². The fourth-order valence-electron chi connectivity index (χ4n) is 7.98. The molecule has 4 aliphatic rings. The van der Waals surface area contributed by atoms with Gasteiger partial charge in [0.25, 0.3) is 0 Å². The van der Waals surface area contributed by atoms with Gasteiger partial charge in [0.2, 0.25) is 0 Å². The number of carboxylic acids is 1. The first-order valence-corrected chi connectivity index (χ1v) is 12.4. The van der Waals surface area contributed by atoms with Gasteiger partial charge in [0.1, 0.15) is 0 Å². The first kappa shape index (κ1) is 22.1. The lowest BCUT2D eigenvalue weighted by Crippen LogP contribution is -2.53. The Morgan fingerprint density at radius 3 is 2.57 bits per heavy atom. The van der Waals surface area contributed by atoms with Crippen molar-refractivity contribution in [3.8, 4) is 0 Å². The lowest BCUT2D eigenvalue weighted by atomic mass is 9.45. The maximum Gasteiger partial charge on any atom is 0.314 e. The van der Waals surface area contributed by atoms with Crippen molar-refractivity contribution in [1.29, 1.82) is 0 Å². The number of hydrogen-bond acceptors (Lipinski definition) is 2. The monoisotopic (exact) mass is 414 g/mol. The van der Waals surface area contributed by atoms with Crippen LogP contribution < -0.4 is 0 Å². The number of hydrogen-bond donors (Lipinski definition) is 2. The van der Waals surface area contributed by atoms with Crippen LogP contribution >= 0.6 is 0 Å². The van der Waals surface area contributed by atoms with E-state index in [0.717, 1.165) is 49.5 Å². The number of aliphatic carboxylic acids is 1. The van der Waals surface area contributed by atoms with E-state index < -0.39 is 11.9 Å². The minimum absolute atomic E-state index is 0.110. The van der Waals surface area contributed by atoms with Crippen LogP contribution in [0.2, 0.25) is 0 Å². The van der Waals surface area contributed by atoms with Crippen molar-refractivity contribution in [2.24, 2.45) is 46.3 Å². The van der Waals surface area contributed by atoms with Gasteiger partial charge in [0, 0.05) is 0 Å². The lowest BCUT2D eigenvalue weighted by molar-refractivity contribution is -0.139. The predicted molar refractivity (Wildman–Crippen MR) is 121 cm³/mol. The van der Waals surface area contributed by atoms with Gasteiger partial charge in [-0.05, 0) is 98.2 Å². The first-order valence-electron chi connectivity index (χ1n) is 12.4. The number of allylic oxidation sites excluding steroid dienone is 2. The summed E-state index contributed by atoms with van der Waals surface area (Å²) in [6, 6.07) is 0. The van der Waals surface area contributed by atoms with E-state index in [1.54, 1.807) is 0 Å². The molecule has 0 aromatic rings. The van der Waals surface area contributed by atoms with Gasteiger partial charge < -0.3 is 10.2 Å².